The molecule has 0 aromatic heterocycles. The summed E-state index contributed by atoms with van der Waals surface area (Å²) in [5, 5.41) is 1.21. The summed E-state index contributed by atoms with van der Waals surface area (Å²) in [4.78, 5) is 2.73. The van der Waals surface area contributed by atoms with Crippen LogP contribution < -0.4 is 0 Å². The van der Waals surface area contributed by atoms with E-state index in [0.717, 1.165) is 5.92 Å². The Balaban J connectivity index is 1.82. The quantitative estimate of drug-likeness (QED) is 0.710. The third-order valence-electron chi connectivity index (χ3n) is 4.37. The van der Waals surface area contributed by atoms with Crippen LogP contribution in [0.1, 0.15) is 45.4 Å². The summed E-state index contributed by atoms with van der Waals surface area (Å²) in [6.45, 7) is 6.45. The van der Waals surface area contributed by atoms with Gasteiger partial charge in [-0.1, -0.05) is 29.3 Å². The first-order valence-electron chi connectivity index (χ1n) is 6.52. The molecule has 0 radical (unpaired) electrons. The normalized spacial score (nSPS) is 32.0. The first kappa shape index (κ1) is 11.9. The second-order valence-electron chi connectivity index (χ2n) is 5.80. The van der Waals surface area contributed by atoms with Gasteiger partial charge in [0.1, 0.15) is 0 Å². The van der Waals surface area contributed by atoms with Crippen LogP contribution in [0.4, 0.5) is 0 Å². The number of halogens is 1. The summed E-state index contributed by atoms with van der Waals surface area (Å²) in [6, 6.07) is 0. The van der Waals surface area contributed by atoms with Gasteiger partial charge in [-0.2, -0.15) is 0 Å². The Morgan fingerprint density at radius 1 is 1.20 bits per heavy atom. The fraction of sp³-hybridized carbons (Fsp3) is 1.00. The fourth-order valence-corrected chi connectivity index (χ4v) is 3.70. The smallest absolute Gasteiger partial charge is 0.0100 e. The van der Waals surface area contributed by atoms with Gasteiger partial charge in [0.25, 0.3) is 0 Å². The average molecular weight is 274 g/mol. The molecule has 1 nitrogen and oxygen atoms in total. The summed E-state index contributed by atoms with van der Waals surface area (Å²) in [5.41, 5.74) is 0.646. The molecule has 0 amide bonds. The van der Waals surface area contributed by atoms with Crippen molar-refractivity contribution < 1.29 is 0 Å². The molecule has 0 spiro atoms. The Bertz CT molecular complexity index is 195. The molecule has 0 aromatic carbocycles. The number of hydrogen-bond donors (Lipinski definition) is 0. The van der Waals surface area contributed by atoms with Gasteiger partial charge in [-0.15, -0.1) is 0 Å². The highest BCUT2D eigenvalue weighted by atomic mass is 79.9. The molecule has 88 valence electrons. The molecule has 2 aliphatic rings. The molecule has 0 N–H and O–H groups in total. The molecule has 1 atom stereocenters. The molecular weight excluding hydrogens is 250 g/mol. The molecule has 2 heteroatoms. The summed E-state index contributed by atoms with van der Waals surface area (Å²) in [5.74, 6) is 0.955. The Hall–Kier alpha value is 0.440. The molecule has 2 fully saturated rings. The maximum atomic E-state index is 3.71. The molecule has 2 rings (SSSR count). The molecule has 1 heterocycles. The fourth-order valence-electron chi connectivity index (χ4n) is 2.97. The van der Waals surface area contributed by atoms with Crippen LogP contribution in [0.2, 0.25) is 0 Å². The zero-order valence-electron chi connectivity index (χ0n) is 9.97. The lowest BCUT2D eigenvalue weighted by Gasteiger charge is -2.44. The van der Waals surface area contributed by atoms with Gasteiger partial charge in [0, 0.05) is 11.9 Å². The van der Waals surface area contributed by atoms with Gasteiger partial charge in [0.05, 0.1) is 0 Å². The number of nitrogens with zero attached hydrogens (tertiary/aromatic N) is 1. The van der Waals surface area contributed by atoms with Crippen LogP contribution in [0.15, 0.2) is 0 Å². The Kier molecular flexibility index (Phi) is 4.11. The average Bonchev–Trinajstić information content (AvgIpc) is 2.37. The monoisotopic (exact) mass is 273 g/mol. The van der Waals surface area contributed by atoms with Crippen molar-refractivity contribution in [2.75, 3.05) is 25.0 Å². The van der Waals surface area contributed by atoms with Gasteiger partial charge in [-0.25, -0.2) is 0 Å². The Morgan fingerprint density at radius 3 is 2.60 bits per heavy atom. The molecule has 1 saturated heterocycles. The van der Waals surface area contributed by atoms with Crippen LogP contribution in [0.5, 0.6) is 0 Å². The minimum atomic E-state index is 0.646. The topological polar surface area (TPSA) is 3.24 Å². The lowest BCUT2D eigenvalue weighted by molar-refractivity contribution is 0.0927. The van der Waals surface area contributed by atoms with Crippen molar-refractivity contribution in [2.24, 2.45) is 11.3 Å². The third-order valence-corrected chi connectivity index (χ3v) is 5.56. The van der Waals surface area contributed by atoms with Gasteiger partial charge < -0.3 is 4.90 Å². The largest absolute Gasteiger partial charge is 0.303 e. The predicted octanol–water partition coefficient (Wildman–Crippen LogP) is 3.67. The molecule has 1 aliphatic heterocycles. The summed E-state index contributed by atoms with van der Waals surface area (Å²) < 4.78 is 0. The minimum Gasteiger partial charge on any atom is -0.303 e. The molecule has 0 bridgehead atoms. The zero-order chi connectivity index (χ0) is 10.7. The van der Waals surface area contributed by atoms with Crippen molar-refractivity contribution in [2.45, 2.75) is 45.4 Å². The molecule has 1 aliphatic carbocycles. The van der Waals surface area contributed by atoms with Crippen molar-refractivity contribution in [3.63, 3.8) is 0 Å². The van der Waals surface area contributed by atoms with E-state index in [4.69, 9.17) is 0 Å². The third kappa shape index (κ3) is 2.97. The van der Waals surface area contributed by atoms with Gasteiger partial charge in [-0.05, 0) is 56.5 Å². The SMILES string of the molecule is CC1CCCN(CC2(CBr)CCC2)CC1. The first-order valence-corrected chi connectivity index (χ1v) is 7.65. The van der Waals surface area contributed by atoms with E-state index in [0.29, 0.717) is 5.41 Å². The van der Waals surface area contributed by atoms with Crippen molar-refractivity contribution in [1.82, 2.24) is 4.90 Å². The van der Waals surface area contributed by atoms with Crippen LogP contribution in [0, 0.1) is 11.3 Å². The van der Waals surface area contributed by atoms with Gasteiger partial charge in [0.2, 0.25) is 0 Å². The Morgan fingerprint density at radius 2 is 2.00 bits per heavy atom. The second-order valence-corrected chi connectivity index (χ2v) is 6.36. The maximum Gasteiger partial charge on any atom is 0.0100 e. The maximum absolute atomic E-state index is 3.71. The molecule has 15 heavy (non-hydrogen) atoms. The highest BCUT2D eigenvalue weighted by Gasteiger charge is 2.37. The van der Waals surface area contributed by atoms with E-state index >= 15 is 0 Å². The van der Waals surface area contributed by atoms with Crippen molar-refractivity contribution in [1.29, 1.82) is 0 Å². The molecule has 1 unspecified atom stereocenters. The van der Waals surface area contributed by atoms with Gasteiger partial charge in [-0.3, -0.25) is 0 Å². The minimum absolute atomic E-state index is 0.646. The van der Waals surface area contributed by atoms with Crippen LogP contribution in [0.3, 0.4) is 0 Å². The highest BCUT2D eigenvalue weighted by molar-refractivity contribution is 9.09. The Labute approximate surface area is 103 Å². The van der Waals surface area contributed by atoms with E-state index in [1.165, 1.54) is 63.5 Å². The highest BCUT2D eigenvalue weighted by Crippen LogP contribution is 2.43. The first-order chi connectivity index (χ1) is 7.24. The van der Waals surface area contributed by atoms with Crippen LogP contribution in [-0.4, -0.2) is 29.9 Å². The van der Waals surface area contributed by atoms with Crippen LogP contribution in [-0.2, 0) is 0 Å². The van der Waals surface area contributed by atoms with Crippen molar-refractivity contribution in [3.05, 3.63) is 0 Å². The number of alkyl halides is 1. The predicted molar refractivity (Wildman–Crippen MR) is 69.5 cm³/mol. The van der Waals surface area contributed by atoms with E-state index in [1.807, 2.05) is 0 Å². The molecule has 0 aromatic rings. The number of rotatable bonds is 3. The van der Waals surface area contributed by atoms with E-state index in [2.05, 4.69) is 27.8 Å². The van der Waals surface area contributed by atoms with E-state index in [-0.39, 0.29) is 0 Å². The zero-order valence-corrected chi connectivity index (χ0v) is 11.6. The van der Waals surface area contributed by atoms with Gasteiger partial charge in [0.15, 0.2) is 0 Å². The van der Waals surface area contributed by atoms with Crippen LogP contribution >= 0.6 is 15.9 Å². The number of hydrogen-bond acceptors (Lipinski definition) is 1. The van der Waals surface area contributed by atoms with Crippen molar-refractivity contribution in [3.8, 4) is 0 Å². The lowest BCUT2D eigenvalue weighted by Crippen LogP contribution is -2.43. The second kappa shape index (κ2) is 5.18. The van der Waals surface area contributed by atoms with E-state index < -0.39 is 0 Å². The van der Waals surface area contributed by atoms with E-state index in [9.17, 15) is 0 Å². The van der Waals surface area contributed by atoms with E-state index in [1.54, 1.807) is 0 Å². The van der Waals surface area contributed by atoms with Crippen molar-refractivity contribution >= 4 is 15.9 Å². The lowest BCUT2D eigenvalue weighted by atomic mass is 9.70. The summed E-state index contributed by atoms with van der Waals surface area (Å²) in [7, 11) is 0. The number of likely N-dealkylation sites (tertiary alicyclic amines) is 1. The van der Waals surface area contributed by atoms with Gasteiger partial charge >= 0.3 is 0 Å². The standard InChI is InChI=1S/C13H24BrN/c1-12-4-2-8-15(9-5-12)11-13(10-14)6-3-7-13/h12H,2-11H2,1H3. The molecular formula is C13H24BrN. The van der Waals surface area contributed by atoms with Crippen LogP contribution in [0.25, 0.3) is 0 Å². The summed E-state index contributed by atoms with van der Waals surface area (Å²) in [6.07, 6.45) is 8.63. The molecule has 1 saturated carbocycles. The summed E-state index contributed by atoms with van der Waals surface area (Å²) >= 11 is 3.71.